The van der Waals surface area contributed by atoms with Crippen LogP contribution in [0.25, 0.3) is 0 Å². The molecule has 1 aliphatic rings. The smallest absolute Gasteiger partial charge is 0.138 e. The van der Waals surface area contributed by atoms with Crippen molar-refractivity contribution < 1.29 is 4.52 Å². The van der Waals surface area contributed by atoms with E-state index < -0.39 is 0 Å². The maximum Gasteiger partial charge on any atom is 0.138 e. The van der Waals surface area contributed by atoms with Gasteiger partial charge < -0.3 is 14.7 Å². The van der Waals surface area contributed by atoms with Gasteiger partial charge in [0.05, 0.1) is 5.69 Å². The summed E-state index contributed by atoms with van der Waals surface area (Å²) in [5, 5.41) is 7.84. The van der Waals surface area contributed by atoms with Gasteiger partial charge in [0.2, 0.25) is 0 Å². The molecule has 2 heterocycles. The van der Waals surface area contributed by atoms with Crippen LogP contribution >= 0.6 is 0 Å². The molecule has 114 valence electrons. The number of hydrogen-bond acceptors (Lipinski definition) is 4. The van der Waals surface area contributed by atoms with E-state index in [-0.39, 0.29) is 0 Å². The highest BCUT2D eigenvalue weighted by molar-refractivity contribution is 5.24. The second kappa shape index (κ2) is 7.23. The minimum absolute atomic E-state index is 0.323. The Bertz CT molecular complexity index is 396. The third-order valence-electron chi connectivity index (χ3n) is 4.37. The van der Waals surface area contributed by atoms with Crippen LogP contribution < -0.4 is 5.32 Å². The molecule has 1 fully saturated rings. The number of aromatic nitrogens is 1. The molecule has 1 aliphatic heterocycles. The van der Waals surface area contributed by atoms with Crippen molar-refractivity contribution in [2.24, 2.45) is 0 Å². The number of nitrogens with one attached hydrogen (secondary N) is 1. The number of rotatable bonds is 5. The van der Waals surface area contributed by atoms with Gasteiger partial charge in [0.15, 0.2) is 0 Å². The van der Waals surface area contributed by atoms with E-state index in [0.717, 1.165) is 11.5 Å². The average Bonchev–Trinajstić information content (AvgIpc) is 2.61. The Balaban J connectivity index is 1.90. The zero-order valence-corrected chi connectivity index (χ0v) is 13.4. The van der Waals surface area contributed by atoms with Crippen LogP contribution in [0.2, 0.25) is 0 Å². The highest BCUT2D eigenvalue weighted by Crippen LogP contribution is 2.23. The Kier molecular flexibility index (Phi) is 5.61. The van der Waals surface area contributed by atoms with Crippen LogP contribution in [-0.2, 0) is 0 Å². The van der Waals surface area contributed by atoms with Gasteiger partial charge >= 0.3 is 0 Å². The van der Waals surface area contributed by atoms with Crippen LogP contribution in [-0.4, -0.2) is 35.7 Å². The lowest BCUT2D eigenvalue weighted by molar-refractivity contribution is 0.281. The number of hydrogen-bond donors (Lipinski definition) is 1. The molecule has 0 spiro atoms. The van der Waals surface area contributed by atoms with Crippen molar-refractivity contribution >= 4 is 0 Å². The van der Waals surface area contributed by atoms with E-state index in [2.05, 4.69) is 29.2 Å². The summed E-state index contributed by atoms with van der Waals surface area (Å²) < 4.78 is 5.28. The Morgan fingerprint density at radius 2 is 2.15 bits per heavy atom. The van der Waals surface area contributed by atoms with E-state index >= 15 is 0 Å². The Morgan fingerprint density at radius 3 is 2.80 bits per heavy atom. The van der Waals surface area contributed by atoms with E-state index in [1.807, 2.05) is 13.8 Å². The minimum atomic E-state index is 0.323. The molecule has 2 unspecified atom stereocenters. The predicted molar refractivity (Wildman–Crippen MR) is 81.9 cm³/mol. The summed E-state index contributed by atoms with van der Waals surface area (Å²) in [6, 6.07) is 0.935. The summed E-state index contributed by atoms with van der Waals surface area (Å²) in [5.74, 6) is 0.948. The molecule has 1 N–H and O–H groups in total. The number of likely N-dealkylation sites (tertiary alicyclic amines) is 1. The monoisotopic (exact) mass is 279 g/mol. The largest absolute Gasteiger partial charge is 0.361 e. The van der Waals surface area contributed by atoms with E-state index in [4.69, 9.17) is 4.52 Å². The first-order valence-corrected chi connectivity index (χ1v) is 8.03. The predicted octanol–water partition coefficient (Wildman–Crippen LogP) is 3.21. The summed E-state index contributed by atoms with van der Waals surface area (Å²) in [5.41, 5.74) is 2.25. The number of aryl methyl sites for hydroxylation is 2. The van der Waals surface area contributed by atoms with Crippen LogP contribution in [0, 0.1) is 13.8 Å². The molecular weight excluding hydrogens is 250 g/mol. The van der Waals surface area contributed by atoms with E-state index in [0.29, 0.717) is 12.1 Å². The average molecular weight is 279 g/mol. The van der Waals surface area contributed by atoms with Gasteiger partial charge in [0, 0.05) is 17.6 Å². The molecule has 20 heavy (non-hydrogen) atoms. The quantitative estimate of drug-likeness (QED) is 0.898. The second-order valence-corrected chi connectivity index (χ2v) is 6.10. The van der Waals surface area contributed by atoms with Gasteiger partial charge in [0.1, 0.15) is 5.76 Å². The summed E-state index contributed by atoms with van der Waals surface area (Å²) in [4.78, 5) is 2.60. The highest BCUT2D eigenvalue weighted by atomic mass is 16.5. The van der Waals surface area contributed by atoms with Crippen molar-refractivity contribution in [1.82, 2.24) is 15.4 Å². The maximum absolute atomic E-state index is 5.28. The number of nitrogens with zero attached hydrogens (tertiary/aromatic N) is 2. The summed E-state index contributed by atoms with van der Waals surface area (Å²) in [6.45, 7) is 12.2. The normalized spacial score (nSPS) is 22.7. The van der Waals surface area contributed by atoms with Crippen LogP contribution in [0.3, 0.4) is 0 Å². The third kappa shape index (κ3) is 3.83. The molecular formula is C16H29N3O. The van der Waals surface area contributed by atoms with Crippen molar-refractivity contribution in [3.05, 3.63) is 17.0 Å². The van der Waals surface area contributed by atoms with Gasteiger partial charge in [-0.1, -0.05) is 12.1 Å². The molecule has 4 heteroatoms. The first-order valence-electron chi connectivity index (χ1n) is 8.03. The molecule has 1 aromatic heterocycles. The van der Waals surface area contributed by atoms with Gasteiger partial charge in [-0.25, -0.2) is 0 Å². The van der Waals surface area contributed by atoms with E-state index in [1.165, 1.54) is 50.9 Å². The summed E-state index contributed by atoms with van der Waals surface area (Å²) in [7, 11) is 0. The molecule has 1 saturated heterocycles. The molecule has 0 aliphatic carbocycles. The Morgan fingerprint density at radius 1 is 1.35 bits per heavy atom. The molecule has 1 aromatic rings. The highest BCUT2D eigenvalue weighted by Gasteiger charge is 2.21. The van der Waals surface area contributed by atoms with E-state index in [1.54, 1.807) is 0 Å². The third-order valence-corrected chi connectivity index (χ3v) is 4.37. The molecule has 2 atom stereocenters. The molecule has 2 rings (SSSR count). The van der Waals surface area contributed by atoms with Crippen molar-refractivity contribution in [1.29, 1.82) is 0 Å². The van der Waals surface area contributed by atoms with Crippen molar-refractivity contribution in [3.8, 4) is 0 Å². The summed E-state index contributed by atoms with van der Waals surface area (Å²) >= 11 is 0. The first-order chi connectivity index (χ1) is 9.61. The van der Waals surface area contributed by atoms with Crippen LogP contribution in [0.5, 0.6) is 0 Å². The lowest BCUT2D eigenvalue weighted by atomic mass is 10.0. The zero-order chi connectivity index (χ0) is 14.5. The van der Waals surface area contributed by atoms with Gasteiger partial charge in [-0.3, -0.25) is 0 Å². The lowest BCUT2D eigenvalue weighted by Crippen LogP contribution is -2.33. The Labute approximate surface area is 122 Å². The zero-order valence-electron chi connectivity index (χ0n) is 13.4. The van der Waals surface area contributed by atoms with Crippen LogP contribution in [0.4, 0.5) is 0 Å². The standard InChI is InChI=1S/C16H29N3O/c1-5-9-19-10-6-7-15(8-11-19)17-12(2)16-13(3)18-20-14(16)4/h12,15,17H,5-11H2,1-4H3. The fourth-order valence-electron chi connectivity index (χ4n) is 3.41. The fourth-order valence-corrected chi connectivity index (χ4v) is 3.41. The van der Waals surface area contributed by atoms with E-state index in [9.17, 15) is 0 Å². The van der Waals surface area contributed by atoms with Gasteiger partial charge in [-0.15, -0.1) is 0 Å². The molecule has 0 aromatic carbocycles. The van der Waals surface area contributed by atoms with Gasteiger partial charge in [-0.2, -0.15) is 0 Å². The SMILES string of the molecule is CCCN1CCCC(NC(C)c2c(C)noc2C)CC1. The van der Waals surface area contributed by atoms with Crippen LogP contribution in [0.15, 0.2) is 4.52 Å². The minimum Gasteiger partial charge on any atom is -0.361 e. The van der Waals surface area contributed by atoms with Crippen LogP contribution in [0.1, 0.15) is 62.6 Å². The van der Waals surface area contributed by atoms with Gasteiger partial charge in [0.25, 0.3) is 0 Å². The topological polar surface area (TPSA) is 41.3 Å². The molecule has 0 radical (unpaired) electrons. The Hall–Kier alpha value is -0.870. The first kappa shape index (κ1) is 15.5. The van der Waals surface area contributed by atoms with Crippen molar-refractivity contribution in [2.45, 2.75) is 65.5 Å². The van der Waals surface area contributed by atoms with Crippen molar-refractivity contribution in [2.75, 3.05) is 19.6 Å². The molecule has 0 saturated carbocycles. The summed E-state index contributed by atoms with van der Waals surface area (Å²) in [6.07, 6.45) is 5.07. The maximum atomic E-state index is 5.28. The second-order valence-electron chi connectivity index (χ2n) is 6.10. The molecule has 4 nitrogen and oxygen atoms in total. The molecule has 0 amide bonds. The van der Waals surface area contributed by atoms with Crippen molar-refractivity contribution in [3.63, 3.8) is 0 Å². The lowest BCUT2D eigenvalue weighted by Gasteiger charge is -2.22. The molecule has 0 bridgehead atoms. The fraction of sp³-hybridized carbons (Fsp3) is 0.812. The van der Waals surface area contributed by atoms with Gasteiger partial charge in [-0.05, 0) is 66.1 Å².